The number of carbonyl (C=O) groups is 1. The first-order valence-electron chi connectivity index (χ1n) is 6.09. The first-order valence-corrected chi connectivity index (χ1v) is 6.09. The van der Waals surface area contributed by atoms with Crippen molar-refractivity contribution in [2.75, 3.05) is 0 Å². The highest BCUT2D eigenvalue weighted by molar-refractivity contribution is 5.76. The third kappa shape index (κ3) is 4.47. The number of carbonyl (C=O) groups excluding carboxylic acids is 1. The minimum atomic E-state index is 0.172. The van der Waals surface area contributed by atoms with E-state index in [2.05, 4.69) is 24.4 Å². The van der Waals surface area contributed by atoms with Gasteiger partial charge in [0.1, 0.15) is 0 Å². The van der Waals surface area contributed by atoms with E-state index in [0.717, 1.165) is 19.3 Å². The Labute approximate surface area is 98.1 Å². The molecule has 1 amide bonds. The molecule has 1 rings (SSSR count). The molecular weight excluding hydrogens is 198 g/mol. The van der Waals surface area contributed by atoms with Gasteiger partial charge in [0, 0.05) is 12.5 Å². The number of hydrogen-bond acceptors (Lipinski definition) is 1. The molecule has 2 heteroatoms. The van der Waals surface area contributed by atoms with Crippen LogP contribution in [0.25, 0.3) is 0 Å². The van der Waals surface area contributed by atoms with E-state index < -0.39 is 0 Å². The number of nitrogens with one attached hydrogen (secondary N) is 1. The maximum Gasteiger partial charge on any atom is 0.220 e. The molecule has 0 aromatic heterocycles. The summed E-state index contributed by atoms with van der Waals surface area (Å²) in [7, 11) is 0. The fourth-order valence-electron chi connectivity index (χ4n) is 1.72. The van der Waals surface area contributed by atoms with E-state index >= 15 is 0 Å². The lowest BCUT2D eigenvalue weighted by Crippen LogP contribution is -2.35. The second-order valence-corrected chi connectivity index (χ2v) is 4.11. The summed E-state index contributed by atoms with van der Waals surface area (Å²) in [6.45, 7) is 4.14. The van der Waals surface area contributed by atoms with Crippen LogP contribution in [0.3, 0.4) is 0 Å². The monoisotopic (exact) mass is 219 g/mol. The van der Waals surface area contributed by atoms with Crippen molar-refractivity contribution in [1.82, 2.24) is 5.32 Å². The van der Waals surface area contributed by atoms with Crippen molar-refractivity contribution in [3.8, 4) is 0 Å². The minimum Gasteiger partial charge on any atom is -0.353 e. The second-order valence-electron chi connectivity index (χ2n) is 4.11. The molecule has 0 heterocycles. The van der Waals surface area contributed by atoms with Crippen molar-refractivity contribution in [2.24, 2.45) is 0 Å². The van der Waals surface area contributed by atoms with Crippen molar-refractivity contribution >= 4 is 5.91 Å². The SMILES string of the molecule is CCCC(=O)N[C@@H](CC)Cc1ccccc1. The highest BCUT2D eigenvalue weighted by Crippen LogP contribution is 2.06. The van der Waals surface area contributed by atoms with Crippen LogP contribution in [0.2, 0.25) is 0 Å². The zero-order valence-corrected chi connectivity index (χ0v) is 10.2. The molecule has 0 fully saturated rings. The number of amides is 1. The molecule has 1 aromatic rings. The van der Waals surface area contributed by atoms with Gasteiger partial charge >= 0.3 is 0 Å². The van der Waals surface area contributed by atoms with Crippen molar-refractivity contribution in [3.05, 3.63) is 35.9 Å². The van der Waals surface area contributed by atoms with Crippen molar-refractivity contribution in [2.45, 2.75) is 45.6 Å². The lowest BCUT2D eigenvalue weighted by atomic mass is 10.0. The van der Waals surface area contributed by atoms with Gasteiger partial charge in [0.25, 0.3) is 0 Å². The van der Waals surface area contributed by atoms with Gasteiger partial charge in [-0.1, -0.05) is 44.2 Å². The Morgan fingerprint density at radius 3 is 2.50 bits per heavy atom. The summed E-state index contributed by atoms with van der Waals surface area (Å²) in [5.74, 6) is 0.172. The minimum absolute atomic E-state index is 0.172. The fraction of sp³-hybridized carbons (Fsp3) is 0.500. The molecule has 2 nitrogen and oxygen atoms in total. The van der Waals surface area contributed by atoms with Crippen LogP contribution in [0.1, 0.15) is 38.7 Å². The Kier molecular flexibility index (Phi) is 5.62. The lowest BCUT2D eigenvalue weighted by molar-refractivity contribution is -0.121. The van der Waals surface area contributed by atoms with Crippen LogP contribution in [0.15, 0.2) is 30.3 Å². The molecule has 0 saturated carbocycles. The normalized spacial score (nSPS) is 12.1. The first-order chi connectivity index (χ1) is 7.76. The Morgan fingerprint density at radius 2 is 1.94 bits per heavy atom. The van der Waals surface area contributed by atoms with Gasteiger partial charge in [-0.15, -0.1) is 0 Å². The van der Waals surface area contributed by atoms with Crippen LogP contribution in [0, 0.1) is 0 Å². The predicted molar refractivity (Wildman–Crippen MR) is 67.3 cm³/mol. The molecule has 0 aliphatic heterocycles. The summed E-state index contributed by atoms with van der Waals surface area (Å²) >= 11 is 0. The zero-order chi connectivity index (χ0) is 11.8. The third-order valence-corrected chi connectivity index (χ3v) is 2.66. The summed E-state index contributed by atoms with van der Waals surface area (Å²) in [5, 5.41) is 3.08. The Hall–Kier alpha value is -1.31. The van der Waals surface area contributed by atoms with Crippen LogP contribution >= 0.6 is 0 Å². The van der Waals surface area contributed by atoms with E-state index in [4.69, 9.17) is 0 Å². The Bertz CT molecular complexity index is 308. The van der Waals surface area contributed by atoms with Crippen molar-refractivity contribution < 1.29 is 4.79 Å². The Morgan fingerprint density at radius 1 is 1.25 bits per heavy atom. The number of benzene rings is 1. The van der Waals surface area contributed by atoms with Crippen LogP contribution < -0.4 is 5.32 Å². The van der Waals surface area contributed by atoms with Crippen molar-refractivity contribution in [3.63, 3.8) is 0 Å². The van der Waals surface area contributed by atoms with Gasteiger partial charge < -0.3 is 5.32 Å². The van der Waals surface area contributed by atoms with E-state index in [-0.39, 0.29) is 11.9 Å². The second kappa shape index (κ2) is 7.04. The van der Waals surface area contributed by atoms with Gasteiger partial charge in [-0.25, -0.2) is 0 Å². The molecule has 0 aliphatic rings. The number of hydrogen-bond donors (Lipinski definition) is 1. The molecule has 1 atom stereocenters. The van der Waals surface area contributed by atoms with Gasteiger partial charge in [-0.3, -0.25) is 4.79 Å². The molecule has 0 aliphatic carbocycles. The summed E-state index contributed by atoms with van der Waals surface area (Å²) in [6.07, 6.45) is 3.44. The predicted octanol–water partition coefficient (Wildman–Crippen LogP) is 2.92. The van der Waals surface area contributed by atoms with E-state index in [1.165, 1.54) is 5.56 Å². The molecular formula is C14H21NO. The molecule has 16 heavy (non-hydrogen) atoms. The molecule has 0 bridgehead atoms. The molecule has 0 saturated heterocycles. The Balaban J connectivity index is 2.46. The highest BCUT2D eigenvalue weighted by Gasteiger charge is 2.09. The summed E-state index contributed by atoms with van der Waals surface area (Å²) in [5.41, 5.74) is 1.28. The largest absolute Gasteiger partial charge is 0.353 e. The quantitative estimate of drug-likeness (QED) is 0.783. The van der Waals surface area contributed by atoms with Gasteiger partial charge in [0.2, 0.25) is 5.91 Å². The zero-order valence-electron chi connectivity index (χ0n) is 10.2. The van der Waals surface area contributed by atoms with E-state index in [1.54, 1.807) is 0 Å². The van der Waals surface area contributed by atoms with Crippen LogP contribution in [-0.2, 0) is 11.2 Å². The maximum atomic E-state index is 11.5. The first kappa shape index (κ1) is 12.8. The third-order valence-electron chi connectivity index (χ3n) is 2.66. The van der Waals surface area contributed by atoms with E-state index in [1.807, 2.05) is 25.1 Å². The van der Waals surface area contributed by atoms with Crippen LogP contribution in [-0.4, -0.2) is 11.9 Å². The van der Waals surface area contributed by atoms with E-state index in [0.29, 0.717) is 6.42 Å². The van der Waals surface area contributed by atoms with Gasteiger partial charge in [-0.05, 0) is 24.8 Å². The summed E-state index contributed by atoms with van der Waals surface area (Å²) < 4.78 is 0. The molecule has 1 N–H and O–H groups in total. The number of rotatable bonds is 6. The average Bonchev–Trinajstić information content (AvgIpc) is 2.30. The summed E-state index contributed by atoms with van der Waals surface area (Å²) in [4.78, 5) is 11.5. The topological polar surface area (TPSA) is 29.1 Å². The van der Waals surface area contributed by atoms with Crippen LogP contribution in [0.5, 0.6) is 0 Å². The maximum absolute atomic E-state index is 11.5. The summed E-state index contributed by atoms with van der Waals surface area (Å²) in [6, 6.07) is 10.6. The van der Waals surface area contributed by atoms with Gasteiger partial charge in [-0.2, -0.15) is 0 Å². The van der Waals surface area contributed by atoms with Gasteiger partial charge in [0.15, 0.2) is 0 Å². The molecule has 0 spiro atoms. The van der Waals surface area contributed by atoms with Crippen molar-refractivity contribution in [1.29, 1.82) is 0 Å². The average molecular weight is 219 g/mol. The molecule has 1 aromatic carbocycles. The fourth-order valence-corrected chi connectivity index (χ4v) is 1.72. The molecule has 0 radical (unpaired) electrons. The lowest BCUT2D eigenvalue weighted by Gasteiger charge is -2.16. The molecule has 0 unspecified atom stereocenters. The van der Waals surface area contributed by atoms with Crippen LogP contribution in [0.4, 0.5) is 0 Å². The highest BCUT2D eigenvalue weighted by atomic mass is 16.1. The standard InChI is InChI=1S/C14H21NO/c1-3-8-14(16)15-13(4-2)11-12-9-6-5-7-10-12/h5-7,9-10,13H,3-4,8,11H2,1-2H3,(H,15,16)/t13-/m0/s1. The van der Waals surface area contributed by atoms with E-state index in [9.17, 15) is 4.79 Å². The smallest absolute Gasteiger partial charge is 0.220 e. The molecule has 88 valence electrons. The van der Waals surface area contributed by atoms with Gasteiger partial charge in [0.05, 0.1) is 0 Å².